The van der Waals surface area contributed by atoms with Crippen LogP contribution in [0.2, 0.25) is 0 Å². The SMILES string of the molecule is CC(NC(=O)NCc1ccnc(OCC(F)(F)F)c1)C1CC1. The van der Waals surface area contributed by atoms with Gasteiger partial charge >= 0.3 is 12.2 Å². The lowest BCUT2D eigenvalue weighted by Crippen LogP contribution is -2.41. The van der Waals surface area contributed by atoms with Crippen LogP contribution in [0, 0.1) is 5.92 Å². The molecule has 122 valence electrons. The van der Waals surface area contributed by atoms with Crippen LogP contribution in [0.25, 0.3) is 0 Å². The maximum Gasteiger partial charge on any atom is 0.422 e. The molecule has 1 heterocycles. The zero-order valence-corrected chi connectivity index (χ0v) is 12.1. The number of pyridine rings is 1. The summed E-state index contributed by atoms with van der Waals surface area (Å²) >= 11 is 0. The Morgan fingerprint density at radius 1 is 1.50 bits per heavy atom. The second kappa shape index (κ2) is 6.85. The highest BCUT2D eigenvalue weighted by Gasteiger charge is 2.29. The summed E-state index contributed by atoms with van der Waals surface area (Å²) < 4.78 is 40.8. The van der Waals surface area contributed by atoms with E-state index in [0.717, 1.165) is 12.8 Å². The summed E-state index contributed by atoms with van der Waals surface area (Å²) in [6.45, 7) is 0.747. The molecule has 0 aliphatic heterocycles. The van der Waals surface area contributed by atoms with E-state index in [-0.39, 0.29) is 24.5 Å². The van der Waals surface area contributed by atoms with Crippen LogP contribution < -0.4 is 15.4 Å². The number of carbonyl (C=O) groups excluding carboxylic acids is 1. The summed E-state index contributed by atoms with van der Waals surface area (Å²) in [6, 6.07) is 2.80. The first kappa shape index (κ1) is 16.4. The fourth-order valence-electron chi connectivity index (χ4n) is 1.95. The van der Waals surface area contributed by atoms with Gasteiger partial charge in [-0.15, -0.1) is 0 Å². The number of urea groups is 1. The second-order valence-electron chi connectivity index (χ2n) is 5.36. The molecule has 0 aromatic carbocycles. The van der Waals surface area contributed by atoms with Gasteiger partial charge in [-0.1, -0.05) is 0 Å². The Morgan fingerprint density at radius 2 is 2.23 bits per heavy atom. The summed E-state index contributed by atoms with van der Waals surface area (Å²) in [7, 11) is 0. The number of hydrogen-bond donors (Lipinski definition) is 2. The number of hydrogen-bond acceptors (Lipinski definition) is 3. The summed E-state index contributed by atoms with van der Waals surface area (Å²) in [4.78, 5) is 15.4. The van der Waals surface area contributed by atoms with Crippen molar-refractivity contribution in [3.8, 4) is 5.88 Å². The monoisotopic (exact) mass is 317 g/mol. The molecule has 1 aromatic heterocycles. The smallest absolute Gasteiger partial charge is 0.422 e. The zero-order chi connectivity index (χ0) is 16.2. The van der Waals surface area contributed by atoms with E-state index >= 15 is 0 Å². The number of ether oxygens (including phenoxy) is 1. The molecule has 2 rings (SSSR count). The molecule has 22 heavy (non-hydrogen) atoms. The number of nitrogens with one attached hydrogen (secondary N) is 2. The number of rotatable bonds is 6. The fraction of sp³-hybridized carbons (Fsp3) is 0.571. The van der Waals surface area contributed by atoms with Crippen LogP contribution in [0.3, 0.4) is 0 Å². The molecule has 0 spiro atoms. The van der Waals surface area contributed by atoms with Crippen LogP contribution in [0.1, 0.15) is 25.3 Å². The molecule has 0 bridgehead atoms. The van der Waals surface area contributed by atoms with Gasteiger partial charge < -0.3 is 15.4 Å². The first-order valence-corrected chi connectivity index (χ1v) is 7.02. The van der Waals surface area contributed by atoms with Gasteiger partial charge in [0.1, 0.15) is 0 Å². The van der Waals surface area contributed by atoms with Crippen LogP contribution in [0.5, 0.6) is 5.88 Å². The summed E-state index contributed by atoms with van der Waals surface area (Å²) in [5.41, 5.74) is 0.612. The van der Waals surface area contributed by atoms with E-state index in [9.17, 15) is 18.0 Å². The van der Waals surface area contributed by atoms with Crippen LogP contribution >= 0.6 is 0 Å². The van der Waals surface area contributed by atoms with Crippen LogP contribution in [0.4, 0.5) is 18.0 Å². The third kappa shape index (κ3) is 5.79. The largest absolute Gasteiger partial charge is 0.468 e. The van der Waals surface area contributed by atoms with Gasteiger partial charge in [0.25, 0.3) is 0 Å². The van der Waals surface area contributed by atoms with E-state index < -0.39 is 12.8 Å². The van der Waals surface area contributed by atoms with Crippen LogP contribution in [-0.2, 0) is 6.54 Å². The Morgan fingerprint density at radius 3 is 2.86 bits per heavy atom. The predicted molar refractivity (Wildman–Crippen MR) is 73.3 cm³/mol. The summed E-state index contributed by atoms with van der Waals surface area (Å²) in [5.74, 6) is 0.428. The minimum absolute atomic E-state index is 0.122. The Balaban J connectivity index is 1.78. The lowest BCUT2D eigenvalue weighted by molar-refractivity contribution is -0.154. The Bertz CT molecular complexity index is 518. The molecule has 5 nitrogen and oxygen atoms in total. The van der Waals surface area contributed by atoms with Gasteiger partial charge in [0.15, 0.2) is 6.61 Å². The van der Waals surface area contributed by atoms with Crippen molar-refractivity contribution in [2.45, 2.75) is 38.5 Å². The molecule has 1 aliphatic carbocycles. The number of carbonyl (C=O) groups is 1. The molecular weight excluding hydrogens is 299 g/mol. The van der Waals surface area contributed by atoms with Gasteiger partial charge in [-0.25, -0.2) is 9.78 Å². The molecule has 1 unspecified atom stereocenters. The minimum atomic E-state index is -4.41. The fourth-order valence-corrected chi connectivity index (χ4v) is 1.95. The van der Waals surface area contributed by atoms with E-state index in [4.69, 9.17) is 0 Å². The van der Waals surface area contributed by atoms with Gasteiger partial charge in [0.2, 0.25) is 5.88 Å². The molecule has 0 saturated heterocycles. The standard InChI is InChI=1S/C14H18F3N3O2/c1-9(11-2-3-11)20-13(21)19-7-10-4-5-18-12(6-10)22-8-14(15,16)17/h4-6,9,11H,2-3,7-8H2,1H3,(H2,19,20,21). The van der Waals surface area contributed by atoms with Crippen molar-refractivity contribution in [1.82, 2.24) is 15.6 Å². The van der Waals surface area contributed by atoms with E-state index in [2.05, 4.69) is 20.4 Å². The molecular formula is C14H18F3N3O2. The first-order valence-electron chi connectivity index (χ1n) is 7.02. The van der Waals surface area contributed by atoms with Crippen molar-refractivity contribution in [3.63, 3.8) is 0 Å². The highest BCUT2D eigenvalue weighted by molar-refractivity contribution is 5.74. The number of aromatic nitrogens is 1. The maximum atomic E-state index is 12.1. The Hall–Kier alpha value is -1.99. The molecule has 1 saturated carbocycles. The van der Waals surface area contributed by atoms with Gasteiger partial charge in [-0.2, -0.15) is 13.2 Å². The molecule has 2 amide bonds. The lowest BCUT2D eigenvalue weighted by Gasteiger charge is -2.14. The average molecular weight is 317 g/mol. The van der Waals surface area contributed by atoms with Crippen molar-refractivity contribution in [1.29, 1.82) is 0 Å². The van der Waals surface area contributed by atoms with E-state index in [1.165, 1.54) is 12.3 Å². The molecule has 2 N–H and O–H groups in total. The van der Waals surface area contributed by atoms with Crippen molar-refractivity contribution in [2.75, 3.05) is 6.61 Å². The second-order valence-corrected chi connectivity index (χ2v) is 5.36. The third-order valence-electron chi connectivity index (χ3n) is 3.32. The van der Waals surface area contributed by atoms with Crippen molar-refractivity contribution < 1.29 is 22.7 Å². The number of alkyl halides is 3. The van der Waals surface area contributed by atoms with Gasteiger partial charge in [0, 0.05) is 24.8 Å². The van der Waals surface area contributed by atoms with Gasteiger partial charge in [-0.05, 0) is 37.3 Å². The topological polar surface area (TPSA) is 63.2 Å². The van der Waals surface area contributed by atoms with Crippen molar-refractivity contribution >= 4 is 6.03 Å². The highest BCUT2D eigenvalue weighted by atomic mass is 19.4. The summed E-state index contributed by atoms with van der Waals surface area (Å²) in [6.07, 6.45) is -0.806. The van der Waals surface area contributed by atoms with Crippen molar-refractivity contribution in [3.05, 3.63) is 23.9 Å². The molecule has 1 aliphatic rings. The van der Waals surface area contributed by atoms with E-state index in [1.54, 1.807) is 6.07 Å². The molecule has 1 fully saturated rings. The molecule has 1 atom stereocenters. The number of amides is 2. The zero-order valence-electron chi connectivity index (χ0n) is 12.1. The minimum Gasteiger partial charge on any atom is -0.468 e. The lowest BCUT2D eigenvalue weighted by atomic mass is 10.2. The summed E-state index contributed by atoms with van der Waals surface area (Å²) in [5, 5.41) is 5.48. The third-order valence-corrected chi connectivity index (χ3v) is 3.32. The number of nitrogens with zero attached hydrogens (tertiary/aromatic N) is 1. The maximum absolute atomic E-state index is 12.1. The van der Waals surface area contributed by atoms with E-state index in [0.29, 0.717) is 11.5 Å². The van der Waals surface area contributed by atoms with Crippen LogP contribution in [0.15, 0.2) is 18.3 Å². The van der Waals surface area contributed by atoms with Gasteiger partial charge in [-0.3, -0.25) is 0 Å². The van der Waals surface area contributed by atoms with Crippen LogP contribution in [-0.4, -0.2) is 29.8 Å². The molecule has 1 aromatic rings. The normalized spacial score (nSPS) is 16.0. The molecule has 0 radical (unpaired) electrons. The first-order chi connectivity index (χ1) is 10.3. The van der Waals surface area contributed by atoms with Gasteiger partial charge in [0.05, 0.1) is 0 Å². The van der Waals surface area contributed by atoms with Crippen molar-refractivity contribution in [2.24, 2.45) is 5.92 Å². The Labute approximate surface area is 126 Å². The quantitative estimate of drug-likeness (QED) is 0.848. The Kier molecular flexibility index (Phi) is 5.10. The van der Waals surface area contributed by atoms with E-state index in [1.807, 2.05) is 6.92 Å². The average Bonchev–Trinajstić information content (AvgIpc) is 3.27. The number of halogens is 3. The highest BCUT2D eigenvalue weighted by Crippen LogP contribution is 2.32. The molecule has 8 heteroatoms. The predicted octanol–water partition coefficient (Wildman–Crippen LogP) is 2.62.